The van der Waals surface area contributed by atoms with Crippen LogP contribution < -0.4 is 10.0 Å². The van der Waals surface area contributed by atoms with E-state index in [4.69, 9.17) is 0 Å². The normalized spacial score (nSPS) is 14.1. The Balaban J connectivity index is 1.48. The molecule has 0 atom stereocenters. The third-order valence-electron chi connectivity index (χ3n) is 4.88. The van der Waals surface area contributed by atoms with Gasteiger partial charge in [-0.1, -0.05) is 6.07 Å². The number of hydrogen-bond acceptors (Lipinski definition) is 4. The van der Waals surface area contributed by atoms with E-state index in [2.05, 4.69) is 15.0 Å². The number of rotatable bonds is 5. The number of imidazole rings is 1. The molecule has 2 N–H and O–H groups in total. The molecule has 1 aliphatic heterocycles. The molecule has 28 heavy (non-hydrogen) atoms. The highest BCUT2D eigenvalue weighted by atomic mass is 32.2. The zero-order valence-corrected chi connectivity index (χ0v) is 16.0. The van der Waals surface area contributed by atoms with Gasteiger partial charge in [-0.15, -0.1) is 0 Å². The molecule has 0 saturated carbocycles. The summed E-state index contributed by atoms with van der Waals surface area (Å²) in [6.45, 7) is 0.134. The lowest BCUT2D eigenvalue weighted by Gasteiger charge is -2.17. The molecule has 7 nitrogen and oxygen atoms in total. The Morgan fingerprint density at radius 2 is 2.07 bits per heavy atom. The van der Waals surface area contributed by atoms with Gasteiger partial charge in [0, 0.05) is 32.1 Å². The summed E-state index contributed by atoms with van der Waals surface area (Å²) in [7, 11) is -1.93. The van der Waals surface area contributed by atoms with Crippen molar-refractivity contribution in [3.63, 3.8) is 0 Å². The zero-order valence-electron chi connectivity index (χ0n) is 15.2. The lowest BCUT2D eigenvalue weighted by Crippen LogP contribution is -2.27. The van der Waals surface area contributed by atoms with Crippen molar-refractivity contribution >= 4 is 32.7 Å². The Morgan fingerprint density at radius 3 is 2.86 bits per heavy atom. The van der Waals surface area contributed by atoms with Crippen LogP contribution in [0.15, 0.2) is 41.3 Å². The van der Waals surface area contributed by atoms with E-state index in [1.54, 1.807) is 35.9 Å². The van der Waals surface area contributed by atoms with Crippen LogP contribution in [0.1, 0.15) is 17.8 Å². The van der Waals surface area contributed by atoms with Crippen molar-refractivity contribution < 1.29 is 17.6 Å². The van der Waals surface area contributed by atoms with Crippen LogP contribution in [-0.4, -0.2) is 30.4 Å². The summed E-state index contributed by atoms with van der Waals surface area (Å²) in [5.41, 5.74) is 2.39. The molecule has 2 aromatic carbocycles. The van der Waals surface area contributed by atoms with E-state index >= 15 is 0 Å². The van der Waals surface area contributed by atoms with Crippen LogP contribution in [0.5, 0.6) is 0 Å². The van der Waals surface area contributed by atoms with Crippen molar-refractivity contribution in [1.29, 1.82) is 0 Å². The van der Waals surface area contributed by atoms with Gasteiger partial charge >= 0.3 is 0 Å². The number of anilines is 1. The van der Waals surface area contributed by atoms with Gasteiger partial charge in [0.25, 0.3) is 0 Å². The molecule has 0 bridgehead atoms. The maximum Gasteiger partial charge on any atom is 0.240 e. The minimum atomic E-state index is -3.70. The number of aromatic nitrogens is 2. The molecule has 0 aliphatic carbocycles. The zero-order chi connectivity index (χ0) is 19.9. The lowest BCUT2D eigenvalue weighted by molar-refractivity contribution is -0.116. The van der Waals surface area contributed by atoms with Gasteiger partial charge in [-0.2, -0.15) is 0 Å². The number of carbonyl (C=O) groups is 1. The van der Waals surface area contributed by atoms with Gasteiger partial charge in [0.15, 0.2) is 5.82 Å². The van der Waals surface area contributed by atoms with E-state index in [-0.39, 0.29) is 22.9 Å². The molecular formula is C19H19FN4O3S. The van der Waals surface area contributed by atoms with Crippen molar-refractivity contribution in [2.45, 2.75) is 24.2 Å². The van der Waals surface area contributed by atoms with Gasteiger partial charge in [-0.25, -0.2) is 22.5 Å². The Hall–Kier alpha value is -2.78. The predicted molar refractivity (Wildman–Crippen MR) is 103 cm³/mol. The molecule has 4 rings (SSSR count). The van der Waals surface area contributed by atoms with Crippen molar-refractivity contribution in [2.75, 3.05) is 11.9 Å². The fourth-order valence-corrected chi connectivity index (χ4v) is 4.44. The second-order valence-electron chi connectivity index (χ2n) is 6.71. The number of aryl methyl sites for hydroxylation is 2. The number of fused-ring (bicyclic) bond motifs is 2. The number of halogens is 1. The molecule has 3 aromatic rings. The first kappa shape index (κ1) is 18.6. The van der Waals surface area contributed by atoms with Crippen molar-refractivity contribution in [3.05, 3.63) is 53.6 Å². The third-order valence-corrected chi connectivity index (χ3v) is 6.34. The summed E-state index contributed by atoms with van der Waals surface area (Å²) in [5, 5.41) is 2.73. The smallest absolute Gasteiger partial charge is 0.240 e. The Morgan fingerprint density at radius 1 is 1.25 bits per heavy atom. The fraction of sp³-hybridized carbons (Fsp3) is 0.263. The quantitative estimate of drug-likeness (QED) is 0.684. The number of hydrogen-bond donors (Lipinski definition) is 2. The SMILES string of the molecule is Cn1c(CCNS(=O)(=O)c2ccc3c(c2)CCC(=O)N3)nc2c(F)cccc21. The van der Waals surface area contributed by atoms with Crippen LogP contribution in [0, 0.1) is 5.82 Å². The van der Waals surface area contributed by atoms with Gasteiger partial charge in [0.05, 0.1) is 10.4 Å². The molecule has 1 aliphatic rings. The van der Waals surface area contributed by atoms with E-state index in [1.807, 2.05) is 0 Å². The summed E-state index contributed by atoms with van der Waals surface area (Å²) < 4.78 is 43.4. The largest absolute Gasteiger partial charge is 0.331 e. The highest BCUT2D eigenvalue weighted by Crippen LogP contribution is 2.25. The van der Waals surface area contributed by atoms with Gasteiger partial charge < -0.3 is 9.88 Å². The summed E-state index contributed by atoms with van der Waals surface area (Å²) in [6, 6.07) is 9.39. The molecule has 2 heterocycles. The van der Waals surface area contributed by atoms with Crippen LogP contribution in [-0.2, 0) is 34.7 Å². The number of para-hydroxylation sites is 1. The van der Waals surface area contributed by atoms with Crippen LogP contribution in [0.25, 0.3) is 11.0 Å². The number of nitrogens with zero attached hydrogens (tertiary/aromatic N) is 2. The van der Waals surface area contributed by atoms with Crippen molar-refractivity contribution in [2.24, 2.45) is 7.05 Å². The second-order valence-corrected chi connectivity index (χ2v) is 8.48. The molecular weight excluding hydrogens is 383 g/mol. The number of amides is 1. The molecule has 1 amide bonds. The molecule has 0 spiro atoms. The molecule has 1 aromatic heterocycles. The number of benzene rings is 2. The molecule has 146 valence electrons. The Kier molecular flexibility index (Phi) is 4.64. The van der Waals surface area contributed by atoms with Crippen LogP contribution in [0.4, 0.5) is 10.1 Å². The summed E-state index contributed by atoms with van der Waals surface area (Å²) >= 11 is 0. The number of sulfonamides is 1. The summed E-state index contributed by atoms with van der Waals surface area (Å²) in [6.07, 6.45) is 1.17. The highest BCUT2D eigenvalue weighted by molar-refractivity contribution is 7.89. The van der Waals surface area contributed by atoms with Crippen LogP contribution in [0.3, 0.4) is 0 Å². The summed E-state index contributed by atoms with van der Waals surface area (Å²) in [4.78, 5) is 15.9. The third kappa shape index (κ3) is 3.38. The fourth-order valence-electron chi connectivity index (χ4n) is 3.36. The first-order chi connectivity index (χ1) is 13.3. The van der Waals surface area contributed by atoms with Crippen LogP contribution in [0.2, 0.25) is 0 Å². The monoisotopic (exact) mass is 402 g/mol. The molecule has 0 radical (unpaired) electrons. The maximum atomic E-state index is 13.9. The van der Waals surface area contributed by atoms with Crippen LogP contribution >= 0.6 is 0 Å². The topological polar surface area (TPSA) is 93.1 Å². The van der Waals surface area contributed by atoms with Crippen molar-refractivity contribution in [1.82, 2.24) is 14.3 Å². The Labute approximate surface area is 161 Å². The predicted octanol–water partition coefficient (Wildman–Crippen LogP) is 2.12. The summed E-state index contributed by atoms with van der Waals surface area (Å²) in [5.74, 6) is 0.122. The maximum absolute atomic E-state index is 13.9. The van der Waals surface area contributed by atoms with E-state index in [9.17, 15) is 17.6 Å². The average molecular weight is 402 g/mol. The van der Waals surface area contributed by atoms with E-state index < -0.39 is 15.8 Å². The minimum absolute atomic E-state index is 0.0693. The minimum Gasteiger partial charge on any atom is -0.331 e. The Bertz CT molecular complexity index is 1190. The lowest BCUT2D eigenvalue weighted by atomic mass is 10.0. The van der Waals surface area contributed by atoms with Crippen molar-refractivity contribution in [3.8, 4) is 0 Å². The number of carbonyl (C=O) groups excluding carboxylic acids is 1. The van der Waals surface area contributed by atoms with E-state index in [0.717, 1.165) is 5.56 Å². The first-order valence-corrected chi connectivity index (χ1v) is 10.4. The standard InChI is InChI=1S/C19H19FN4O3S/c1-24-16-4-2-3-14(20)19(16)23-17(24)9-10-21-28(26,27)13-6-7-15-12(11-13)5-8-18(25)22-15/h2-4,6-7,11,21H,5,8-10H2,1H3,(H,22,25). The number of nitrogens with one attached hydrogen (secondary N) is 2. The van der Waals surface area contributed by atoms with Gasteiger partial charge in [0.2, 0.25) is 15.9 Å². The highest BCUT2D eigenvalue weighted by Gasteiger charge is 2.20. The second kappa shape index (κ2) is 6.99. The van der Waals surface area contributed by atoms with Gasteiger partial charge in [0.1, 0.15) is 11.3 Å². The van der Waals surface area contributed by atoms with Gasteiger partial charge in [-0.3, -0.25) is 4.79 Å². The molecule has 0 fully saturated rings. The van der Waals surface area contributed by atoms with E-state index in [0.29, 0.717) is 36.3 Å². The molecule has 9 heteroatoms. The molecule has 0 unspecified atom stereocenters. The van der Waals surface area contributed by atoms with E-state index in [1.165, 1.54) is 12.1 Å². The molecule has 0 saturated heterocycles. The van der Waals surface area contributed by atoms with Gasteiger partial charge in [-0.05, 0) is 42.3 Å². The first-order valence-electron chi connectivity index (χ1n) is 8.87. The average Bonchev–Trinajstić information content (AvgIpc) is 2.99.